The number of rotatable bonds is 2. The highest BCUT2D eigenvalue weighted by atomic mass is 19.4. The summed E-state index contributed by atoms with van der Waals surface area (Å²) in [5, 5.41) is 8.03. The smallest absolute Gasteiger partial charge is 0.405 e. The second-order valence-corrected chi connectivity index (χ2v) is 1.88. The molecule has 2 nitrogen and oxygen atoms in total. The van der Waals surface area contributed by atoms with Crippen LogP contribution in [0.2, 0.25) is 0 Å². The van der Waals surface area contributed by atoms with Gasteiger partial charge in [-0.15, -0.1) is 0 Å². The van der Waals surface area contributed by atoms with E-state index in [4.69, 9.17) is 11.0 Å². The molecular formula is C7H7F3N2. The molecule has 0 aromatic carbocycles. The fourth-order valence-electron chi connectivity index (χ4n) is 0.538. The molecule has 0 aliphatic rings. The van der Waals surface area contributed by atoms with Crippen molar-refractivity contribution in [1.29, 1.82) is 5.26 Å². The maximum Gasteiger partial charge on any atom is 0.416 e. The minimum atomic E-state index is -4.44. The quantitative estimate of drug-likeness (QED) is 0.653. The number of halogens is 3. The molecule has 0 aliphatic heterocycles. The maximum absolute atomic E-state index is 11.9. The van der Waals surface area contributed by atoms with Gasteiger partial charge in [0.2, 0.25) is 0 Å². The summed E-state index contributed by atoms with van der Waals surface area (Å²) in [4.78, 5) is 0. The number of nitrogens with zero attached hydrogens (tertiary/aromatic N) is 1. The van der Waals surface area contributed by atoms with Crippen LogP contribution in [0.1, 0.15) is 6.42 Å². The Balaban J connectivity index is 4.57. The summed E-state index contributed by atoms with van der Waals surface area (Å²) in [6, 6.07) is 1.58. The molecule has 66 valence electrons. The van der Waals surface area contributed by atoms with Gasteiger partial charge in [0.15, 0.2) is 0 Å². The fraction of sp³-hybridized carbons (Fsp3) is 0.286. The van der Waals surface area contributed by atoms with Gasteiger partial charge in [0, 0.05) is 0 Å². The zero-order chi connectivity index (χ0) is 9.61. The summed E-state index contributed by atoms with van der Waals surface area (Å²) in [5.41, 5.74) is 3.90. The van der Waals surface area contributed by atoms with E-state index in [9.17, 15) is 13.2 Å². The molecule has 0 saturated carbocycles. The number of nitrogens with two attached hydrogens (primary N) is 1. The first-order chi connectivity index (χ1) is 5.52. The average Bonchev–Trinajstić information content (AvgIpc) is 1.95. The van der Waals surface area contributed by atoms with Gasteiger partial charge < -0.3 is 5.73 Å². The fourth-order valence-corrected chi connectivity index (χ4v) is 0.538. The van der Waals surface area contributed by atoms with E-state index in [0.29, 0.717) is 0 Å². The lowest BCUT2D eigenvalue weighted by Gasteiger charge is -2.05. The molecule has 0 fully saturated rings. The largest absolute Gasteiger partial charge is 0.416 e. The van der Waals surface area contributed by atoms with Crippen LogP contribution >= 0.6 is 0 Å². The minimum Gasteiger partial charge on any atom is -0.405 e. The molecule has 0 heterocycles. The van der Waals surface area contributed by atoms with E-state index >= 15 is 0 Å². The Morgan fingerprint density at radius 1 is 1.50 bits per heavy atom. The van der Waals surface area contributed by atoms with Crippen LogP contribution in [0.4, 0.5) is 13.2 Å². The van der Waals surface area contributed by atoms with Crippen LogP contribution in [0.3, 0.4) is 0 Å². The van der Waals surface area contributed by atoms with E-state index in [2.05, 4.69) is 0 Å². The van der Waals surface area contributed by atoms with Crippen LogP contribution in [0.5, 0.6) is 0 Å². The molecule has 5 heteroatoms. The summed E-state index contributed by atoms with van der Waals surface area (Å²) < 4.78 is 35.8. The zero-order valence-corrected chi connectivity index (χ0v) is 6.10. The van der Waals surface area contributed by atoms with E-state index in [1.165, 1.54) is 0 Å². The van der Waals surface area contributed by atoms with Crippen molar-refractivity contribution < 1.29 is 13.2 Å². The molecule has 0 aromatic rings. The Bertz CT molecular complexity index is 232. The van der Waals surface area contributed by atoms with Crippen LogP contribution in [-0.2, 0) is 0 Å². The van der Waals surface area contributed by atoms with Gasteiger partial charge in [-0.1, -0.05) is 6.08 Å². The van der Waals surface area contributed by atoms with Crippen LogP contribution in [0.15, 0.2) is 23.9 Å². The minimum absolute atomic E-state index is 0.279. The Kier molecular flexibility index (Phi) is 3.91. The highest BCUT2D eigenvalue weighted by molar-refractivity contribution is 5.24. The van der Waals surface area contributed by atoms with Gasteiger partial charge in [-0.3, -0.25) is 0 Å². The lowest BCUT2D eigenvalue weighted by atomic mass is 10.2. The SMILES string of the molecule is N#CC/C=C(\C=C/N)C(F)(F)F. The van der Waals surface area contributed by atoms with Crippen molar-refractivity contribution in [3.8, 4) is 6.07 Å². The third kappa shape index (κ3) is 3.66. The predicted octanol–water partition coefficient (Wildman–Crippen LogP) is 1.86. The molecule has 0 bridgehead atoms. The number of nitriles is 1. The maximum atomic E-state index is 11.9. The van der Waals surface area contributed by atoms with Crippen molar-refractivity contribution in [3.05, 3.63) is 23.9 Å². The van der Waals surface area contributed by atoms with Gasteiger partial charge in [0.05, 0.1) is 18.1 Å². The Morgan fingerprint density at radius 3 is 2.42 bits per heavy atom. The normalized spacial score (nSPS) is 13.3. The van der Waals surface area contributed by atoms with E-state index in [1.54, 1.807) is 6.07 Å². The number of allylic oxidation sites excluding steroid dienone is 3. The number of hydrogen-bond acceptors (Lipinski definition) is 2. The van der Waals surface area contributed by atoms with Crippen molar-refractivity contribution >= 4 is 0 Å². The molecule has 2 N–H and O–H groups in total. The van der Waals surface area contributed by atoms with Crippen molar-refractivity contribution in [2.24, 2.45) is 5.73 Å². The summed E-state index contributed by atoms with van der Waals surface area (Å²) in [6.07, 6.45) is -2.43. The first kappa shape index (κ1) is 10.6. The average molecular weight is 176 g/mol. The molecule has 0 spiro atoms. The van der Waals surface area contributed by atoms with Gasteiger partial charge in [0.1, 0.15) is 0 Å². The highest BCUT2D eigenvalue weighted by Gasteiger charge is 2.31. The summed E-state index contributed by atoms with van der Waals surface area (Å²) in [6.45, 7) is 0. The van der Waals surface area contributed by atoms with Crippen molar-refractivity contribution in [1.82, 2.24) is 0 Å². The van der Waals surface area contributed by atoms with Gasteiger partial charge in [-0.2, -0.15) is 18.4 Å². The number of alkyl halides is 3. The van der Waals surface area contributed by atoms with Crippen molar-refractivity contribution in [2.75, 3.05) is 0 Å². The number of hydrogen-bond donors (Lipinski definition) is 1. The van der Waals surface area contributed by atoms with Gasteiger partial charge in [0.25, 0.3) is 0 Å². The molecule has 0 saturated heterocycles. The van der Waals surface area contributed by atoms with Gasteiger partial charge in [-0.05, 0) is 12.3 Å². The second kappa shape index (κ2) is 4.44. The zero-order valence-electron chi connectivity index (χ0n) is 6.10. The standard InChI is InChI=1S/C7H7F3N2/c8-7(9,10)6(3-5-12)2-1-4-11/h2-3,5H,1,12H2/b5-3-,6-2+. The molecule has 12 heavy (non-hydrogen) atoms. The van der Waals surface area contributed by atoms with Crippen molar-refractivity contribution in [3.63, 3.8) is 0 Å². The monoisotopic (exact) mass is 176 g/mol. The highest BCUT2D eigenvalue weighted by Crippen LogP contribution is 2.26. The predicted molar refractivity (Wildman–Crippen MR) is 37.7 cm³/mol. The summed E-state index contributed by atoms with van der Waals surface area (Å²) in [5.74, 6) is 0. The molecule has 0 rings (SSSR count). The summed E-state index contributed by atoms with van der Waals surface area (Å²) in [7, 11) is 0. The molecule has 0 amide bonds. The van der Waals surface area contributed by atoms with E-state index in [-0.39, 0.29) is 6.42 Å². The molecule has 0 atom stereocenters. The summed E-state index contributed by atoms with van der Waals surface area (Å²) >= 11 is 0. The van der Waals surface area contributed by atoms with Gasteiger partial charge in [-0.25, -0.2) is 0 Å². The molecule has 0 unspecified atom stereocenters. The molecule has 0 aromatic heterocycles. The van der Waals surface area contributed by atoms with E-state index < -0.39 is 11.7 Å². The van der Waals surface area contributed by atoms with Gasteiger partial charge >= 0.3 is 6.18 Å². The Hall–Kier alpha value is -1.44. The van der Waals surface area contributed by atoms with Crippen LogP contribution < -0.4 is 5.73 Å². The van der Waals surface area contributed by atoms with Crippen LogP contribution in [-0.4, -0.2) is 6.18 Å². The lowest BCUT2D eigenvalue weighted by Crippen LogP contribution is -2.10. The second-order valence-electron chi connectivity index (χ2n) is 1.88. The van der Waals surface area contributed by atoms with E-state index in [1.807, 2.05) is 0 Å². The van der Waals surface area contributed by atoms with Crippen molar-refractivity contribution in [2.45, 2.75) is 12.6 Å². The Labute approximate surface area is 67.8 Å². The topological polar surface area (TPSA) is 49.8 Å². The lowest BCUT2D eigenvalue weighted by molar-refractivity contribution is -0.0883. The molecular weight excluding hydrogens is 169 g/mol. The van der Waals surface area contributed by atoms with Crippen LogP contribution in [0.25, 0.3) is 0 Å². The third-order valence-corrected chi connectivity index (χ3v) is 1.02. The Morgan fingerprint density at radius 2 is 2.08 bits per heavy atom. The molecule has 0 radical (unpaired) electrons. The van der Waals surface area contributed by atoms with Crippen LogP contribution in [0, 0.1) is 11.3 Å². The van der Waals surface area contributed by atoms with E-state index in [0.717, 1.165) is 18.4 Å². The molecule has 0 aliphatic carbocycles. The first-order valence-electron chi connectivity index (χ1n) is 3.05. The first-order valence-corrected chi connectivity index (χ1v) is 3.05. The third-order valence-electron chi connectivity index (χ3n) is 1.02.